The summed E-state index contributed by atoms with van der Waals surface area (Å²) < 4.78 is 0. The molecule has 5 N–H and O–H groups in total. The Hall–Kier alpha value is -5.51. The Morgan fingerprint density at radius 3 is 2.43 bits per heavy atom. The Labute approximate surface area is 360 Å². The van der Waals surface area contributed by atoms with Crippen LogP contribution in [0.3, 0.4) is 0 Å². The van der Waals surface area contributed by atoms with Gasteiger partial charge in [-0.15, -0.1) is 0 Å². The van der Waals surface area contributed by atoms with Crippen LogP contribution in [0.2, 0.25) is 5.02 Å². The van der Waals surface area contributed by atoms with Gasteiger partial charge in [0.05, 0.1) is 6.04 Å². The van der Waals surface area contributed by atoms with Gasteiger partial charge in [0.2, 0.25) is 29.5 Å². The lowest BCUT2D eigenvalue weighted by molar-refractivity contribution is -0.137. The molecule has 4 heterocycles. The highest BCUT2D eigenvalue weighted by Gasteiger charge is 2.72. The van der Waals surface area contributed by atoms with Gasteiger partial charge in [-0.3, -0.25) is 39.4 Å². The van der Waals surface area contributed by atoms with Crippen LogP contribution in [-0.2, 0) is 35.9 Å². The number of rotatable bonds is 8. The molecular formula is C48H51ClN6O6. The minimum atomic E-state index is -0.999. The van der Waals surface area contributed by atoms with Crippen molar-refractivity contribution in [3.8, 4) is 11.8 Å². The van der Waals surface area contributed by atoms with Crippen LogP contribution in [0.5, 0.6) is 0 Å². The lowest BCUT2D eigenvalue weighted by Crippen LogP contribution is -2.60. The molecule has 12 nitrogen and oxygen atoms in total. The normalized spacial score (nSPS) is 27.5. The van der Waals surface area contributed by atoms with E-state index >= 15 is 0 Å². The molecule has 316 valence electrons. The summed E-state index contributed by atoms with van der Waals surface area (Å²) in [6, 6.07) is 19.6. The van der Waals surface area contributed by atoms with Crippen molar-refractivity contribution in [3.63, 3.8) is 0 Å². The Morgan fingerprint density at radius 1 is 0.869 bits per heavy atom. The molecule has 2 saturated carbocycles. The van der Waals surface area contributed by atoms with Gasteiger partial charge in [-0.05, 0) is 92.3 Å². The average Bonchev–Trinajstić information content (AvgIpc) is 3.86. The van der Waals surface area contributed by atoms with Gasteiger partial charge < -0.3 is 20.9 Å². The van der Waals surface area contributed by atoms with Crippen molar-refractivity contribution in [1.29, 1.82) is 0 Å². The molecule has 13 heteroatoms. The van der Waals surface area contributed by atoms with Gasteiger partial charge in [-0.25, -0.2) is 0 Å². The van der Waals surface area contributed by atoms with Crippen LogP contribution in [0.15, 0.2) is 66.7 Å². The van der Waals surface area contributed by atoms with Gasteiger partial charge in [-0.2, -0.15) is 0 Å². The standard InChI is InChI=1S/C48H51ClN6O6/c49-32-18-21-36-37(27-32)52-46(61)48(36)40(30-12-4-1-5-13-30)41(54-47(48)24-7-3-8-25-47)44(59)51-33-19-16-31(17-20-33)42(57)50-26-9-2-6-11-29-14-10-15-34-35(29)28-55(45(34)60)38-22-23-39(56)53-43(38)58/h1,4-5,10,12-15,18,21,27,31,33,38,40-41,54H,2-3,7-9,16-17,19-20,22-26,28H2,(H,50,57)(H,51,59)(H,52,61)(H,53,56,58)/t31?,33?,38?,40-,41+,48+/m0/s1. The highest BCUT2D eigenvalue weighted by Crippen LogP contribution is 2.62. The number of hydrogen-bond acceptors (Lipinski definition) is 7. The fraction of sp³-hybridized carbons (Fsp3) is 0.458. The van der Waals surface area contributed by atoms with E-state index in [0.29, 0.717) is 67.8 Å². The molecule has 6 aliphatic rings. The van der Waals surface area contributed by atoms with Crippen molar-refractivity contribution >= 4 is 52.7 Å². The minimum Gasteiger partial charge on any atom is -0.356 e. The van der Waals surface area contributed by atoms with Gasteiger partial charge in [0.1, 0.15) is 11.5 Å². The van der Waals surface area contributed by atoms with Crippen LogP contribution in [0, 0.1) is 17.8 Å². The molecule has 4 aliphatic heterocycles. The molecule has 9 rings (SSSR count). The zero-order valence-corrected chi connectivity index (χ0v) is 34.9. The van der Waals surface area contributed by atoms with Crippen LogP contribution in [0.25, 0.3) is 0 Å². The van der Waals surface area contributed by atoms with Gasteiger partial charge in [0, 0.05) is 71.2 Å². The molecule has 0 bridgehead atoms. The van der Waals surface area contributed by atoms with E-state index in [1.807, 2.05) is 54.6 Å². The molecule has 2 spiro atoms. The second kappa shape index (κ2) is 16.7. The molecule has 3 aromatic rings. The number of nitrogens with one attached hydrogen (secondary N) is 5. The highest BCUT2D eigenvalue weighted by atomic mass is 35.5. The summed E-state index contributed by atoms with van der Waals surface area (Å²) in [5, 5.41) is 16.4. The quantitative estimate of drug-likeness (QED) is 0.116. The number of benzene rings is 3. The monoisotopic (exact) mass is 842 g/mol. The maximum Gasteiger partial charge on any atom is 0.255 e. The summed E-state index contributed by atoms with van der Waals surface area (Å²) in [5.74, 6) is 4.61. The third-order valence-corrected chi connectivity index (χ3v) is 14.4. The number of anilines is 1. The zero-order valence-electron chi connectivity index (χ0n) is 34.1. The third kappa shape index (κ3) is 7.29. The lowest BCUT2D eigenvalue weighted by atomic mass is 9.55. The topological polar surface area (TPSA) is 166 Å². The first-order valence-corrected chi connectivity index (χ1v) is 22.2. The Balaban J connectivity index is 0.796. The van der Waals surface area contributed by atoms with E-state index in [2.05, 4.69) is 38.4 Å². The van der Waals surface area contributed by atoms with E-state index in [9.17, 15) is 28.8 Å². The van der Waals surface area contributed by atoms with E-state index < -0.39 is 34.9 Å². The molecule has 61 heavy (non-hydrogen) atoms. The Bertz CT molecular complexity index is 2340. The first-order chi connectivity index (χ1) is 29.6. The van der Waals surface area contributed by atoms with Crippen LogP contribution >= 0.6 is 11.6 Å². The number of halogens is 1. The summed E-state index contributed by atoms with van der Waals surface area (Å²) in [4.78, 5) is 81.2. The molecule has 0 aromatic heterocycles. The SMILES string of the molecule is O=C1CCC(N2Cc3c(C#CCCCNC(=O)C4CCC(NC(=O)[C@@H]5NC6(CCCCC6)[C@@]6(C(=O)Nc7cc(Cl)ccc76)[C@H]5c5ccccc5)CC4)cccc3C2=O)C(=O)N1. The third-order valence-electron chi connectivity index (χ3n) is 14.2. The largest absolute Gasteiger partial charge is 0.356 e. The van der Waals surface area contributed by atoms with Crippen LogP contribution in [0.4, 0.5) is 5.69 Å². The summed E-state index contributed by atoms with van der Waals surface area (Å²) in [6.45, 7) is 0.754. The van der Waals surface area contributed by atoms with Crippen LogP contribution in [-0.4, -0.2) is 70.6 Å². The second-order valence-corrected chi connectivity index (χ2v) is 18.0. The van der Waals surface area contributed by atoms with Gasteiger partial charge in [0.25, 0.3) is 5.91 Å². The fourth-order valence-corrected chi connectivity index (χ4v) is 11.5. The highest BCUT2D eigenvalue weighted by molar-refractivity contribution is 6.31. The molecule has 3 aromatic carbocycles. The van der Waals surface area contributed by atoms with Crippen molar-refractivity contribution in [2.75, 3.05) is 11.9 Å². The maximum absolute atomic E-state index is 14.6. The van der Waals surface area contributed by atoms with Crippen molar-refractivity contribution in [2.45, 2.75) is 125 Å². The zero-order chi connectivity index (χ0) is 42.3. The minimum absolute atomic E-state index is 0.0134. The smallest absolute Gasteiger partial charge is 0.255 e. The molecular weight excluding hydrogens is 792 g/mol. The Kier molecular flexibility index (Phi) is 11.2. The summed E-state index contributed by atoms with van der Waals surface area (Å²) in [7, 11) is 0. The lowest BCUT2D eigenvalue weighted by Gasteiger charge is -2.47. The van der Waals surface area contributed by atoms with Gasteiger partial charge in [0.15, 0.2) is 0 Å². The van der Waals surface area contributed by atoms with Gasteiger partial charge in [-0.1, -0.05) is 85.2 Å². The van der Waals surface area contributed by atoms with Crippen molar-refractivity contribution in [3.05, 3.63) is 99.6 Å². The maximum atomic E-state index is 14.6. The van der Waals surface area contributed by atoms with E-state index in [0.717, 1.165) is 54.4 Å². The van der Waals surface area contributed by atoms with Crippen molar-refractivity contribution < 1.29 is 28.8 Å². The van der Waals surface area contributed by atoms with Crippen molar-refractivity contribution in [2.24, 2.45) is 5.92 Å². The number of nitrogens with zero attached hydrogens (tertiary/aromatic N) is 1. The number of piperidine rings is 1. The number of carbonyl (C=O) groups is 6. The van der Waals surface area contributed by atoms with Crippen molar-refractivity contribution in [1.82, 2.24) is 26.2 Å². The van der Waals surface area contributed by atoms with Crippen LogP contribution in [0.1, 0.15) is 122 Å². The van der Waals surface area contributed by atoms with E-state index in [1.165, 1.54) is 4.90 Å². The van der Waals surface area contributed by atoms with E-state index in [-0.39, 0.29) is 54.5 Å². The average molecular weight is 843 g/mol. The fourth-order valence-electron chi connectivity index (χ4n) is 11.3. The second-order valence-electron chi connectivity index (χ2n) is 17.6. The molecule has 4 atom stereocenters. The number of hydrogen-bond donors (Lipinski definition) is 5. The molecule has 2 saturated heterocycles. The predicted molar refractivity (Wildman–Crippen MR) is 229 cm³/mol. The molecule has 4 fully saturated rings. The number of carbonyl (C=O) groups excluding carboxylic acids is 6. The van der Waals surface area contributed by atoms with E-state index in [4.69, 9.17) is 11.6 Å². The summed E-state index contributed by atoms with van der Waals surface area (Å²) in [6.07, 6.45) is 8.99. The number of amides is 6. The van der Waals surface area contributed by atoms with E-state index in [1.54, 1.807) is 12.1 Å². The number of fused-ring (bicyclic) bond motifs is 4. The van der Waals surface area contributed by atoms with Crippen LogP contribution < -0.4 is 26.6 Å². The first-order valence-electron chi connectivity index (χ1n) is 21.9. The molecule has 2 aliphatic carbocycles. The first kappa shape index (κ1) is 40.9. The summed E-state index contributed by atoms with van der Waals surface area (Å²) in [5.41, 5.74) is 3.00. The predicted octanol–water partition coefficient (Wildman–Crippen LogP) is 5.37. The molecule has 0 radical (unpaired) electrons. The molecule has 6 amide bonds. The summed E-state index contributed by atoms with van der Waals surface area (Å²) >= 11 is 6.44. The molecule has 1 unspecified atom stereocenters. The Morgan fingerprint density at radius 2 is 1.66 bits per heavy atom. The number of imide groups is 1. The number of unbranched alkanes of at least 4 members (excludes halogenated alkanes) is 1. The van der Waals surface area contributed by atoms with Gasteiger partial charge >= 0.3 is 0 Å².